The molecule has 4 aromatic rings. The van der Waals surface area contributed by atoms with Crippen molar-refractivity contribution in [2.75, 3.05) is 25.1 Å². The monoisotopic (exact) mass is 573 g/mol. The fourth-order valence-corrected chi connectivity index (χ4v) is 5.29. The van der Waals surface area contributed by atoms with Crippen LogP contribution in [-0.4, -0.2) is 41.3 Å². The minimum atomic E-state index is -4.07. The zero-order valence-electron chi connectivity index (χ0n) is 23.0. The predicted octanol–water partition coefficient (Wildman–Crippen LogP) is 4.94. The van der Waals surface area contributed by atoms with E-state index in [0.29, 0.717) is 35.1 Å². The number of hydrogen-bond acceptors (Lipinski definition) is 7. The van der Waals surface area contributed by atoms with Gasteiger partial charge in [-0.1, -0.05) is 48.0 Å². The van der Waals surface area contributed by atoms with Crippen molar-refractivity contribution in [1.29, 1.82) is 0 Å². The Morgan fingerprint density at radius 2 is 1.59 bits per heavy atom. The zero-order chi connectivity index (χ0) is 29.2. The van der Waals surface area contributed by atoms with E-state index in [4.69, 9.17) is 14.2 Å². The van der Waals surface area contributed by atoms with Crippen molar-refractivity contribution in [3.05, 3.63) is 114 Å². The first-order valence-electron chi connectivity index (χ1n) is 12.7. The average molecular weight is 574 g/mol. The smallest absolute Gasteiger partial charge is 0.264 e. The summed E-state index contributed by atoms with van der Waals surface area (Å²) in [5, 5.41) is 4.02. The van der Waals surface area contributed by atoms with Crippen LogP contribution in [0.3, 0.4) is 0 Å². The van der Waals surface area contributed by atoms with Crippen LogP contribution in [0.1, 0.15) is 16.7 Å². The highest BCUT2D eigenvalue weighted by atomic mass is 32.2. The third-order valence-corrected chi connectivity index (χ3v) is 7.87. The Morgan fingerprint density at radius 1 is 0.878 bits per heavy atom. The third-order valence-electron chi connectivity index (χ3n) is 6.08. The van der Waals surface area contributed by atoms with Crippen LogP contribution in [0.25, 0.3) is 0 Å². The number of hydrogen-bond donors (Lipinski definition) is 1. The predicted molar refractivity (Wildman–Crippen MR) is 158 cm³/mol. The molecule has 0 aliphatic heterocycles. The molecule has 0 aliphatic carbocycles. The fraction of sp³-hybridized carbons (Fsp3) is 0.161. The molecule has 0 bridgehead atoms. The van der Waals surface area contributed by atoms with Crippen molar-refractivity contribution in [2.45, 2.75) is 18.4 Å². The van der Waals surface area contributed by atoms with Crippen molar-refractivity contribution in [2.24, 2.45) is 5.10 Å². The SMILES string of the molecule is COc1ccc(S(=O)(=O)N(CC(=O)N/N=C\c2ccc(OCc3ccccc3)c(OC)c2)c2ccc(C)cc2)cc1. The minimum absolute atomic E-state index is 0.0249. The van der Waals surface area contributed by atoms with E-state index in [1.165, 1.54) is 32.6 Å². The first-order chi connectivity index (χ1) is 19.8. The number of carbonyl (C=O) groups excluding carboxylic acids is 1. The van der Waals surface area contributed by atoms with Crippen LogP contribution < -0.4 is 23.9 Å². The molecule has 41 heavy (non-hydrogen) atoms. The molecule has 0 heterocycles. The number of methoxy groups -OCH3 is 2. The molecule has 4 rings (SSSR count). The van der Waals surface area contributed by atoms with Crippen LogP contribution in [0.4, 0.5) is 5.69 Å². The molecule has 0 atom stereocenters. The Morgan fingerprint density at radius 3 is 2.24 bits per heavy atom. The summed E-state index contributed by atoms with van der Waals surface area (Å²) < 4.78 is 44.6. The molecule has 0 saturated carbocycles. The Labute approximate surface area is 240 Å². The van der Waals surface area contributed by atoms with Crippen LogP contribution in [0, 0.1) is 6.92 Å². The van der Waals surface area contributed by atoms with Crippen LogP contribution in [0.2, 0.25) is 0 Å². The second kappa shape index (κ2) is 13.5. The molecule has 0 aromatic heterocycles. The molecule has 4 aromatic carbocycles. The van der Waals surface area contributed by atoms with Gasteiger partial charge >= 0.3 is 0 Å². The van der Waals surface area contributed by atoms with Gasteiger partial charge in [-0.25, -0.2) is 13.8 Å². The molecule has 1 N–H and O–H groups in total. The third kappa shape index (κ3) is 7.64. The van der Waals surface area contributed by atoms with Gasteiger partial charge in [0.25, 0.3) is 15.9 Å². The summed E-state index contributed by atoms with van der Waals surface area (Å²) in [7, 11) is -1.03. The lowest BCUT2D eigenvalue weighted by atomic mass is 10.2. The molecule has 0 saturated heterocycles. The summed E-state index contributed by atoms with van der Waals surface area (Å²) in [6.07, 6.45) is 1.44. The van der Waals surface area contributed by atoms with E-state index >= 15 is 0 Å². The van der Waals surface area contributed by atoms with E-state index in [-0.39, 0.29) is 4.90 Å². The number of ether oxygens (including phenoxy) is 3. The highest BCUT2D eigenvalue weighted by Gasteiger charge is 2.27. The van der Waals surface area contributed by atoms with Crippen LogP contribution in [-0.2, 0) is 21.4 Å². The molecule has 10 heteroatoms. The Balaban J connectivity index is 1.46. The molecule has 0 spiro atoms. The maximum atomic E-state index is 13.5. The maximum Gasteiger partial charge on any atom is 0.264 e. The highest BCUT2D eigenvalue weighted by Crippen LogP contribution is 2.29. The second-order valence-corrected chi connectivity index (χ2v) is 10.9. The van der Waals surface area contributed by atoms with E-state index in [1.54, 1.807) is 54.6 Å². The lowest BCUT2D eigenvalue weighted by Gasteiger charge is -2.24. The van der Waals surface area contributed by atoms with Crippen molar-refractivity contribution < 1.29 is 27.4 Å². The largest absolute Gasteiger partial charge is 0.497 e. The van der Waals surface area contributed by atoms with Gasteiger partial charge in [0, 0.05) is 0 Å². The number of nitrogens with one attached hydrogen (secondary N) is 1. The van der Waals surface area contributed by atoms with Gasteiger partial charge in [0.2, 0.25) is 0 Å². The van der Waals surface area contributed by atoms with Gasteiger partial charge in [-0.15, -0.1) is 0 Å². The number of anilines is 1. The quantitative estimate of drug-likeness (QED) is 0.190. The number of nitrogens with zero attached hydrogens (tertiary/aromatic N) is 2. The van der Waals surface area contributed by atoms with E-state index in [1.807, 2.05) is 37.3 Å². The first-order valence-corrected chi connectivity index (χ1v) is 14.1. The highest BCUT2D eigenvalue weighted by molar-refractivity contribution is 7.92. The molecule has 0 aliphatic rings. The number of aryl methyl sites for hydroxylation is 1. The van der Waals surface area contributed by atoms with Crippen LogP contribution >= 0.6 is 0 Å². The van der Waals surface area contributed by atoms with Gasteiger partial charge < -0.3 is 14.2 Å². The first kappa shape index (κ1) is 29.2. The summed E-state index contributed by atoms with van der Waals surface area (Å²) in [6.45, 7) is 1.80. The summed E-state index contributed by atoms with van der Waals surface area (Å²) >= 11 is 0. The molecule has 212 valence electrons. The number of rotatable bonds is 12. The number of hydrazone groups is 1. The van der Waals surface area contributed by atoms with Crippen LogP contribution in [0.15, 0.2) is 107 Å². The maximum absolute atomic E-state index is 13.5. The molecular formula is C31H31N3O6S. The van der Waals surface area contributed by atoms with E-state index < -0.39 is 22.5 Å². The molecule has 1 amide bonds. The van der Waals surface area contributed by atoms with Crippen molar-refractivity contribution >= 4 is 27.8 Å². The lowest BCUT2D eigenvalue weighted by Crippen LogP contribution is -2.39. The van der Waals surface area contributed by atoms with Gasteiger partial charge in [-0.05, 0) is 72.6 Å². The summed E-state index contributed by atoms with van der Waals surface area (Å²) in [5.41, 5.74) is 5.39. The van der Waals surface area contributed by atoms with Gasteiger partial charge in [0.1, 0.15) is 18.9 Å². The van der Waals surface area contributed by atoms with Gasteiger partial charge in [-0.2, -0.15) is 5.10 Å². The van der Waals surface area contributed by atoms with Crippen molar-refractivity contribution in [3.63, 3.8) is 0 Å². The molecular weight excluding hydrogens is 542 g/mol. The van der Waals surface area contributed by atoms with Crippen LogP contribution in [0.5, 0.6) is 17.2 Å². The number of amides is 1. The van der Waals surface area contributed by atoms with Crippen molar-refractivity contribution in [1.82, 2.24) is 5.43 Å². The summed E-state index contributed by atoms with van der Waals surface area (Å²) in [4.78, 5) is 12.9. The van der Waals surface area contributed by atoms with E-state index in [0.717, 1.165) is 15.4 Å². The zero-order valence-corrected chi connectivity index (χ0v) is 23.8. The second-order valence-electron chi connectivity index (χ2n) is 9.00. The Bertz CT molecular complexity index is 1590. The average Bonchev–Trinajstić information content (AvgIpc) is 3.00. The number of sulfonamides is 1. The molecule has 0 fully saturated rings. The standard InChI is InChI=1S/C31H31N3O6S/c1-23-9-12-26(13-10-23)34(41(36,37)28-16-14-27(38-2)15-17-28)21-31(35)33-32-20-25-11-18-29(30(19-25)39-3)40-22-24-7-5-4-6-8-24/h4-20H,21-22H2,1-3H3,(H,33,35)/b32-20-. The molecule has 9 nitrogen and oxygen atoms in total. The van der Waals surface area contributed by atoms with E-state index in [2.05, 4.69) is 10.5 Å². The Hall–Kier alpha value is -4.83. The molecule has 0 radical (unpaired) electrons. The number of benzene rings is 4. The minimum Gasteiger partial charge on any atom is -0.497 e. The van der Waals surface area contributed by atoms with Gasteiger partial charge in [-0.3, -0.25) is 9.10 Å². The normalized spacial score (nSPS) is 11.2. The van der Waals surface area contributed by atoms with E-state index in [9.17, 15) is 13.2 Å². The molecule has 0 unspecified atom stereocenters. The lowest BCUT2D eigenvalue weighted by molar-refractivity contribution is -0.119. The van der Waals surface area contributed by atoms with Crippen molar-refractivity contribution in [3.8, 4) is 17.2 Å². The topological polar surface area (TPSA) is 107 Å². The summed E-state index contributed by atoms with van der Waals surface area (Å²) in [5.74, 6) is 0.974. The fourth-order valence-electron chi connectivity index (χ4n) is 3.86. The Kier molecular flexibility index (Phi) is 9.60. The van der Waals surface area contributed by atoms with Gasteiger partial charge in [0.15, 0.2) is 11.5 Å². The van der Waals surface area contributed by atoms with Gasteiger partial charge in [0.05, 0.1) is 31.0 Å². The number of carbonyl (C=O) groups is 1. The summed E-state index contributed by atoms with van der Waals surface area (Å²) in [6, 6.07) is 27.9.